The third-order valence-electron chi connectivity index (χ3n) is 4.31. The van der Waals surface area contributed by atoms with E-state index in [-0.39, 0.29) is 6.10 Å². The minimum atomic E-state index is -0.153. The Bertz CT molecular complexity index is 665. The minimum Gasteiger partial charge on any atom is -0.374 e. The number of anilines is 1. The summed E-state index contributed by atoms with van der Waals surface area (Å²) >= 11 is 1.60. The van der Waals surface area contributed by atoms with Crippen molar-refractivity contribution in [3.05, 3.63) is 23.8 Å². The van der Waals surface area contributed by atoms with Gasteiger partial charge in [-0.1, -0.05) is 5.16 Å². The second-order valence-corrected chi connectivity index (χ2v) is 6.80. The molecule has 1 fully saturated rings. The molecular weight excluding hydrogens is 340 g/mol. The van der Waals surface area contributed by atoms with Gasteiger partial charge < -0.3 is 14.2 Å². The van der Waals surface area contributed by atoms with Gasteiger partial charge in [0.2, 0.25) is 5.89 Å². The number of aromatic nitrogens is 4. The summed E-state index contributed by atoms with van der Waals surface area (Å²) in [7, 11) is 1.64. The monoisotopic (exact) mass is 364 g/mol. The first-order chi connectivity index (χ1) is 12.2. The first-order valence-electron chi connectivity index (χ1n) is 8.40. The fraction of sp³-hybridized carbons (Fsp3) is 0.625. The van der Waals surface area contributed by atoms with E-state index in [0.29, 0.717) is 18.3 Å². The van der Waals surface area contributed by atoms with E-state index >= 15 is 0 Å². The van der Waals surface area contributed by atoms with Crippen LogP contribution in [0.1, 0.15) is 31.2 Å². The summed E-state index contributed by atoms with van der Waals surface area (Å²) in [6.07, 6.45) is 2.91. The lowest BCUT2D eigenvalue weighted by atomic mass is 10.3. The van der Waals surface area contributed by atoms with Gasteiger partial charge in [-0.2, -0.15) is 4.98 Å². The Balaban J connectivity index is 1.56. The van der Waals surface area contributed by atoms with Gasteiger partial charge in [-0.05, 0) is 31.7 Å². The van der Waals surface area contributed by atoms with Crippen molar-refractivity contribution in [2.24, 2.45) is 0 Å². The van der Waals surface area contributed by atoms with Crippen LogP contribution in [0, 0.1) is 0 Å². The fourth-order valence-corrected chi connectivity index (χ4v) is 3.07. The lowest BCUT2D eigenvalue weighted by Gasteiger charge is -2.21. The van der Waals surface area contributed by atoms with E-state index in [9.17, 15) is 0 Å². The van der Waals surface area contributed by atoms with Crippen molar-refractivity contribution in [3.63, 3.8) is 0 Å². The molecule has 1 unspecified atom stereocenters. The molecule has 0 spiro atoms. The SMILES string of the molecule is COC(C)c1noc(CN2CCCN(c3ccc(SC)nn3)CC2)n1. The van der Waals surface area contributed by atoms with E-state index in [1.807, 2.05) is 25.3 Å². The number of thioether (sulfide) groups is 1. The predicted molar refractivity (Wildman–Crippen MR) is 95.6 cm³/mol. The average Bonchev–Trinajstić information content (AvgIpc) is 2.99. The molecule has 0 radical (unpaired) electrons. The zero-order valence-corrected chi connectivity index (χ0v) is 15.7. The topological polar surface area (TPSA) is 80.4 Å². The second kappa shape index (κ2) is 8.59. The van der Waals surface area contributed by atoms with E-state index < -0.39 is 0 Å². The molecule has 1 atom stereocenters. The van der Waals surface area contributed by atoms with Crippen LogP contribution in [0.4, 0.5) is 5.82 Å². The van der Waals surface area contributed by atoms with Crippen molar-refractivity contribution in [1.82, 2.24) is 25.2 Å². The number of hydrogen-bond acceptors (Lipinski definition) is 9. The molecule has 0 saturated carbocycles. The van der Waals surface area contributed by atoms with Gasteiger partial charge in [0.1, 0.15) is 11.1 Å². The van der Waals surface area contributed by atoms with Crippen LogP contribution in [-0.4, -0.2) is 64.8 Å². The zero-order valence-electron chi connectivity index (χ0n) is 14.9. The minimum absolute atomic E-state index is 0.153. The lowest BCUT2D eigenvalue weighted by Crippen LogP contribution is -2.31. The molecule has 2 aromatic heterocycles. The van der Waals surface area contributed by atoms with Crippen LogP contribution in [0.5, 0.6) is 0 Å². The van der Waals surface area contributed by atoms with Gasteiger partial charge in [0.15, 0.2) is 11.6 Å². The van der Waals surface area contributed by atoms with E-state index in [0.717, 1.165) is 43.4 Å². The van der Waals surface area contributed by atoms with Gasteiger partial charge in [-0.3, -0.25) is 4.90 Å². The van der Waals surface area contributed by atoms with Gasteiger partial charge in [0.25, 0.3) is 0 Å². The van der Waals surface area contributed by atoms with Crippen LogP contribution in [-0.2, 0) is 11.3 Å². The third kappa shape index (κ3) is 4.68. The van der Waals surface area contributed by atoms with Crippen LogP contribution >= 0.6 is 11.8 Å². The summed E-state index contributed by atoms with van der Waals surface area (Å²) in [6.45, 7) is 6.35. The van der Waals surface area contributed by atoms with Gasteiger partial charge >= 0.3 is 0 Å². The quantitative estimate of drug-likeness (QED) is 0.715. The van der Waals surface area contributed by atoms with Gasteiger partial charge in [0, 0.05) is 33.3 Å². The van der Waals surface area contributed by atoms with Crippen molar-refractivity contribution >= 4 is 17.6 Å². The average molecular weight is 364 g/mol. The van der Waals surface area contributed by atoms with Gasteiger partial charge in [-0.15, -0.1) is 22.0 Å². The van der Waals surface area contributed by atoms with Crippen LogP contribution in [0.3, 0.4) is 0 Å². The molecule has 0 N–H and O–H groups in total. The summed E-state index contributed by atoms with van der Waals surface area (Å²) < 4.78 is 10.6. The number of hydrogen-bond donors (Lipinski definition) is 0. The first kappa shape index (κ1) is 18.1. The lowest BCUT2D eigenvalue weighted by molar-refractivity contribution is 0.109. The Morgan fingerprint density at radius 3 is 2.84 bits per heavy atom. The standard InChI is InChI=1S/C16H24N6O2S/c1-12(23-2)16-17-14(24-20-16)11-21-7-4-8-22(10-9-21)13-5-6-15(25-3)19-18-13/h5-6,12H,4,7-11H2,1-3H3. The van der Waals surface area contributed by atoms with Crippen LogP contribution in [0.25, 0.3) is 0 Å². The molecule has 136 valence electrons. The highest BCUT2D eigenvalue weighted by atomic mass is 32.2. The summed E-state index contributed by atoms with van der Waals surface area (Å²) in [5.74, 6) is 2.17. The Kier molecular flexibility index (Phi) is 6.22. The molecular formula is C16H24N6O2S. The summed E-state index contributed by atoms with van der Waals surface area (Å²) in [4.78, 5) is 9.03. The first-order valence-corrected chi connectivity index (χ1v) is 9.62. The van der Waals surface area contributed by atoms with E-state index in [1.54, 1.807) is 18.9 Å². The predicted octanol–water partition coefficient (Wildman–Crippen LogP) is 2.00. The Morgan fingerprint density at radius 1 is 1.24 bits per heavy atom. The smallest absolute Gasteiger partial charge is 0.240 e. The maximum Gasteiger partial charge on any atom is 0.240 e. The molecule has 0 aromatic carbocycles. The molecule has 3 heterocycles. The molecule has 0 aliphatic carbocycles. The molecule has 1 aliphatic heterocycles. The molecule has 3 rings (SSSR count). The van der Waals surface area contributed by atoms with E-state index in [2.05, 4.69) is 30.1 Å². The van der Waals surface area contributed by atoms with Crippen molar-refractivity contribution < 1.29 is 9.26 Å². The highest BCUT2D eigenvalue weighted by molar-refractivity contribution is 7.98. The second-order valence-electron chi connectivity index (χ2n) is 5.97. The molecule has 9 heteroatoms. The van der Waals surface area contributed by atoms with Gasteiger partial charge in [-0.25, -0.2) is 0 Å². The van der Waals surface area contributed by atoms with Gasteiger partial charge in [0.05, 0.1) is 6.54 Å². The summed E-state index contributed by atoms with van der Waals surface area (Å²) in [5.41, 5.74) is 0. The van der Waals surface area contributed by atoms with Crippen molar-refractivity contribution in [3.8, 4) is 0 Å². The molecule has 1 aliphatic rings. The van der Waals surface area contributed by atoms with Crippen LogP contribution < -0.4 is 4.90 Å². The molecule has 25 heavy (non-hydrogen) atoms. The van der Waals surface area contributed by atoms with Crippen LogP contribution in [0.15, 0.2) is 21.7 Å². The van der Waals surface area contributed by atoms with E-state index in [1.165, 1.54) is 0 Å². The fourth-order valence-electron chi connectivity index (χ4n) is 2.74. The van der Waals surface area contributed by atoms with Crippen molar-refractivity contribution in [2.75, 3.05) is 44.4 Å². The highest BCUT2D eigenvalue weighted by Gasteiger charge is 2.19. The summed E-state index contributed by atoms with van der Waals surface area (Å²) in [6, 6.07) is 4.07. The molecule has 0 amide bonds. The Morgan fingerprint density at radius 2 is 2.12 bits per heavy atom. The number of ether oxygens (including phenoxy) is 1. The number of nitrogens with zero attached hydrogens (tertiary/aromatic N) is 6. The largest absolute Gasteiger partial charge is 0.374 e. The Labute approximate surface area is 151 Å². The normalized spacial score (nSPS) is 17.5. The Hall–Kier alpha value is -1.71. The summed E-state index contributed by atoms with van der Waals surface area (Å²) in [5, 5.41) is 13.5. The van der Waals surface area contributed by atoms with E-state index in [4.69, 9.17) is 9.26 Å². The van der Waals surface area contributed by atoms with Crippen molar-refractivity contribution in [1.29, 1.82) is 0 Å². The third-order valence-corrected chi connectivity index (χ3v) is 4.94. The van der Waals surface area contributed by atoms with Crippen molar-refractivity contribution in [2.45, 2.75) is 31.0 Å². The molecule has 0 bridgehead atoms. The zero-order chi connectivity index (χ0) is 17.6. The molecule has 2 aromatic rings. The molecule has 1 saturated heterocycles. The number of methoxy groups -OCH3 is 1. The maximum atomic E-state index is 5.35. The highest BCUT2D eigenvalue weighted by Crippen LogP contribution is 2.18. The maximum absolute atomic E-state index is 5.35. The molecule has 8 nitrogen and oxygen atoms in total. The van der Waals surface area contributed by atoms with Crippen LogP contribution in [0.2, 0.25) is 0 Å². The number of rotatable bonds is 6.